The molecule has 3 aliphatic heterocycles. The van der Waals surface area contributed by atoms with Crippen LogP contribution in [0.1, 0.15) is 25.7 Å². The van der Waals surface area contributed by atoms with E-state index in [0.29, 0.717) is 6.42 Å². The van der Waals surface area contributed by atoms with E-state index in [2.05, 4.69) is 26.4 Å². The quantitative estimate of drug-likeness (QED) is 0.395. The molecule has 0 spiro atoms. The van der Waals surface area contributed by atoms with Crippen LogP contribution in [0, 0.1) is 5.92 Å². The summed E-state index contributed by atoms with van der Waals surface area (Å²) in [7, 11) is 0. The predicted molar refractivity (Wildman–Crippen MR) is 86.7 cm³/mol. The van der Waals surface area contributed by atoms with Crippen LogP contribution in [0.15, 0.2) is 0 Å². The summed E-state index contributed by atoms with van der Waals surface area (Å²) in [6, 6.07) is -0.105. The molecule has 7 atom stereocenters. The van der Waals surface area contributed by atoms with Crippen molar-refractivity contribution in [2.75, 3.05) is 19.8 Å². The van der Waals surface area contributed by atoms with Crippen molar-refractivity contribution in [2.24, 2.45) is 5.92 Å². The van der Waals surface area contributed by atoms with E-state index in [1.807, 2.05) is 0 Å². The number of nitrogens with zero attached hydrogens (tertiary/aromatic N) is 1. The number of hydrogen-bond acceptors (Lipinski definition) is 7. The first-order valence-corrected chi connectivity index (χ1v) is 9.26. The SMILES string of the molecule is O=C1OC(C2CCC(N3CCNC3)NN2)NC2CC(Cl)C(F)CC12. The second-order valence-corrected chi connectivity index (χ2v) is 7.76. The van der Waals surface area contributed by atoms with Gasteiger partial charge in [-0.25, -0.2) is 15.2 Å². The molecule has 4 fully saturated rings. The monoisotopic (exact) mass is 361 g/mol. The average molecular weight is 362 g/mol. The van der Waals surface area contributed by atoms with E-state index in [4.69, 9.17) is 16.3 Å². The van der Waals surface area contributed by atoms with Crippen molar-refractivity contribution >= 4 is 17.6 Å². The van der Waals surface area contributed by atoms with Gasteiger partial charge in [-0.2, -0.15) is 0 Å². The number of cyclic esters (lactones) is 1. The molecule has 0 aromatic heterocycles. The highest BCUT2D eigenvalue weighted by atomic mass is 35.5. The van der Waals surface area contributed by atoms with E-state index in [1.165, 1.54) is 0 Å². The van der Waals surface area contributed by atoms with Gasteiger partial charge in [0, 0.05) is 25.8 Å². The Kier molecular flexibility index (Phi) is 4.95. The summed E-state index contributed by atoms with van der Waals surface area (Å²) < 4.78 is 19.3. The van der Waals surface area contributed by atoms with Gasteiger partial charge >= 0.3 is 5.97 Å². The Bertz CT molecular complexity index is 473. The minimum atomic E-state index is -1.14. The smallest absolute Gasteiger partial charge is 0.312 e. The van der Waals surface area contributed by atoms with Gasteiger partial charge in [-0.3, -0.25) is 15.0 Å². The summed E-state index contributed by atoms with van der Waals surface area (Å²) in [4.78, 5) is 14.6. The zero-order chi connectivity index (χ0) is 16.7. The average Bonchev–Trinajstić information content (AvgIpc) is 3.11. The summed E-state index contributed by atoms with van der Waals surface area (Å²) in [5, 5.41) is 6.16. The lowest BCUT2D eigenvalue weighted by Crippen LogP contribution is -2.67. The van der Waals surface area contributed by atoms with Gasteiger partial charge in [-0.1, -0.05) is 0 Å². The Balaban J connectivity index is 1.33. The molecule has 24 heavy (non-hydrogen) atoms. The van der Waals surface area contributed by atoms with Crippen LogP contribution in [0.25, 0.3) is 0 Å². The van der Waals surface area contributed by atoms with Crippen LogP contribution >= 0.6 is 11.6 Å². The predicted octanol–water partition coefficient (Wildman–Crippen LogP) is -0.372. The maximum atomic E-state index is 13.8. The van der Waals surface area contributed by atoms with Crippen molar-refractivity contribution in [3.05, 3.63) is 0 Å². The first kappa shape index (κ1) is 16.9. The van der Waals surface area contributed by atoms with Crippen molar-refractivity contribution in [1.82, 2.24) is 26.4 Å². The minimum Gasteiger partial charge on any atom is -0.445 e. The second-order valence-electron chi connectivity index (χ2n) is 7.20. The number of carbonyl (C=O) groups excluding carboxylic acids is 1. The van der Waals surface area contributed by atoms with Crippen molar-refractivity contribution in [1.29, 1.82) is 0 Å². The summed E-state index contributed by atoms with van der Waals surface area (Å²) in [5.74, 6) is -0.728. The lowest BCUT2D eigenvalue weighted by atomic mass is 9.81. The molecule has 1 saturated carbocycles. The molecule has 3 saturated heterocycles. The fourth-order valence-electron chi connectivity index (χ4n) is 4.19. The van der Waals surface area contributed by atoms with Crippen molar-refractivity contribution < 1.29 is 13.9 Å². The number of nitrogens with one attached hydrogen (secondary N) is 4. The number of halogens is 2. The van der Waals surface area contributed by atoms with E-state index in [-0.39, 0.29) is 30.6 Å². The molecule has 9 heteroatoms. The highest BCUT2D eigenvalue weighted by Gasteiger charge is 2.47. The molecule has 3 heterocycles. The Labute approximate surface area is 145 Å². The van der Waals surface area contributed by atoms with E-state index >= 15 is 0 Å². The van der Waals surface area contributed by atoms with Gasteiger partial charge in [0.05, 0.1) is 23.5 Å². The highest BCUT2D eigenvalue weighted by molar-refractivity contribution is 6.21. The van der Waals surface area contributed by atoms with Crippen LogP contribution in [-0.2, 0) is 9.53 Å². The third-order valence-electron chi connectivity index (χ3n) is 5.64. The summed E-state index contributed by atoms with van der Waals surface area (Å²) >= 11 is 6.05. The molecule has 136 valence electrons. The fourth-order valence-corrected chi connectivity index (χ4v) is 4.48. The summed E-state index contributed by atoms with van der Waals surface area (Å²) in [5.41, 5.74) is 6.62. The van der Waals surface area contributed by atoms with E-state index < -0.39 is 23.7 Å². The van der Waals surface area contributed by atoms with E-state index in [9.17, 15) is 9.18 Å². The molecule has 0 amide bonds. The molecular formula is C15H25ClFN5O2. The first-order chi connectivity index (χ1) is 11.6. The number of hydrogen-bond donors (Lipinski definition) is 4. The van der Waals surface area contributed by atoms with E-state index in [1.54, 1.807) is 0 Å². The van der Waals surface area contributed by atoms with Crippen LogP contribution < -0.4 is 21.5 Å². The number of rotatable bonds is 2. The van der Waals surface area contributed by atoms with Crippen LogP contribution in [0.3, 0.4) is 0 Å². The number of fused-ring (bicyclic) bond motifs is 1. The van der Waals surface area contributed by atoms with Crippen molar-refractivity contribution in [3.63, 3.8) is 0 Å². The molecule has 7 nitrogen and oxygen atoms in total. The van der Waals surface area contributed by atoms with Gasteiger partial charge in [0.2, 0.25) is 0 Å². The molecule has 0 radical (unpaired) electrons. The number of esters is 1. The molecule has 4 N–H and O–H groups in total. The molecular weight excluding hydrogens is 337 g/mol. The molecule has 4 rings (SSSR count). The topological polar surface area (TPSA) is 77.7 Å². The van der Waals surface area contributed by atoms with Gasteiger partial charge < -0.3 is 10.1 Å². The Morgan fingerprint density at radius 2 is 2.08 bits per heavy atom. The number of hydrazine groups is 1. The van der Waals surface area contributed by atoms with Crippen molar-refractivity contribution in [2.45, 2.75) is 61.7 Å². The normalized spacial score (nSPS) is 47.2. The first-order valence-electron chi connectivity index (χ1n) is 8.82. The maximum Gasteiger partial charge on any atom is 0.312 e. The van der Waals surface area contributed by atoms with E-state index in [0.717, 1.165) is 32.6 Å². The highest BCUT2D eigenvalue weighted by Crippen LogP contribution is 2.34. The molecule has 7 unspecified atom stereocenters. The van der Waals surface area contributed by atoms with Gasteiger partial charge in [-0.15, -0.1) is 11.6 Å². The van der Waals surface area contributed by atoms with Crippen LogP contribution in [0.2, 0.25) is 0 Å². The molecule has 4 aliphatic rings. The molecule has 0 aromatic carbocycles. The van der Waals surface area contributed by atoms with Crippen molar-refractivity contribution in [3.8, 4) is 0 Å². The van der Waals surface area contributed by atoms with Gasteiger partial charge in [0.15, 0.2) is 6.23 Å². The number of carbonyl (C=O) groups is 1. The zero-order valence-corrected chi connectivity index (χ0v) is 14.3. The maximum absolute atomic E-state index is 13.8. The van der Waals surface area contributed by atoms with Gasteiger partial charge in [0.1, 0.15) is 6.17 Å². The summed E-state index contributed by atoms with van der Waals surface area (Å²) in [6.45, 7) is 2.94. The second kappa shape index (κ2) is 7.01. The van der Waals surface area contributed by atoms with Crippen LogP contribution in [0.5, 0.6) is 0 Å². The lowest BCUT2D eigenvalue weighted by molar-refractivity contribution is -0.172. The van der Waals surface area contributed by atoms with Crippen LogP contribution in [-0.4, -0.2) is 66.7 Å². The minimum absolute atomic E-state index is 0.00131. The third kappa shape index (κ3) is 3.27. The Morgan fingerprint density at radius 1 is 1.21 bits per heavy atom. The summed E-state index contributed by atoms with van der Waals surface area (Å²) in [6.07, 6.45) is 1.24. The van der Waals surface area contributed by atoms with Gasteiger partial charge in [-0.05, 0) is 25.7 Å². The third-order valence-corrected chi connectivity index (χ3v) is 6.10. The Morgan fingerprint density at radius 3 is 2.79 bits per heavy atom. The molecule has 1 aliphatic carbocycles. The van der Waals surface area contributed by atoms with Gasteiger partial charge in [0.25, 0.3) is 0 Å². The number of alkyl halides is 2. The molecule has 0 bridgehead atoms. The molecule has 0 aromatic rings. The van der Waals surface area contributed by atoms with Crippen LogP contribution in [0.4, 0.5) is 4.39 Å². The lowest BCUT2D eigenvalue weighted by Gasteiger charge is -2.45. The fraction of sp³-hybridized carbons (Fsp3) is 0.933. The Hall–Kier alpha value is -0.510. The largest absolute Gasteiger partial charge is 0.445 e. The number of ether oxygens (including phenoxy) is 1. The standard InChI is InChI=1S/C15H25ClFN5O2/c16-9-6-12-8(5-10(9)17)15(23)24-14(19-12)11-1-2-13(21-20-11)22-4-3-18-7-22/h8-14,18-21H,1-7H2. The zero-order valence-electron chi connectivity index (χ0n) is 13.5.